The van der Waals surface area contributed by atoms with Crippen molar-refractivity contribution in [3.63, 3.8) is 0 Å². The predicted molar refractivity (Wildman–Crippen MR) is 57.3 cm³/mol. The Morgan fingerprint density at radius 1 is 1.38 bits per heavy atom. The van der Waals surface area contributed by atoms with Gasteiger partial charge in [-0.25, -0.2) is 4.79 Å². The van der Waals surface area contributed by atoms with Crippen molar-refractivity contribution < 1.29 is 14.1 Å². The first-order valence-corrected chi connectivity index (χ1v) is 4.73. The van der Waals surface area contributed by atoms with E-state index in [2.05, 4.69) is 9.68 Å². The molecule has 5 nitrogen and oxygen atoms in total. The topological polar surface area (TPSA) is 78.4 Å². The summed E-state index contributed by atoms with van der Waals surface area (Å²) in [6.07, 6.45) is 0. The van der Waals surface area contributed by atoms with E-state index in [1.165, 1.54) is 6.07 Å². The summed E-state index contributed by atoms with van der Waals surface area (Å²) >= 11 is 5.68. The van der Waals surface area contributed by atoms with E-state index in [1.54, 1.807) is 24.3 Å². The number of aromatic nitrogens is 1. The number of nitrogen functional groups attached to an aromatic ring is 1. The second-order valence-electron chi connectivity index (χ2n) is 2.96. The number of esters is 1. The molecule has 0 aliphatic heterocycles. The molecule has 0 unspecified atom stereocenters. The highest BCUT2D eigenvalue weighted by atomic mass is 35.5. The zero-order chi connectivity index (χ0) is 11.5. The van der Waals surface area contributed by atoms with E-state index in [9.17, 15) is 4.79 Å². The molecule has 16 heavy (non-hydrogen) atoms. The minimum absolute atomic E-state index is 0.0487. The van der Waals surface area contributed by atoms with Gasteiger partial charge in [0.1, 0.15) is 5.75 Å². The molecule has 0 radical (unpaired) electrons. The lowest BCUT2D eigenvalue weighted by Gasteiger charge is -2.00. The van der Waals surface area contributed by atoms with Gasteiger partial charge in [0.05, 0.1) is 0 Å². The van der Waals surface area contributed by atoms with E-state index >= 15 is 0 Å². The Balaban J connectivity index is 2.10. The van der Waals surface area contributed by atoms with Gasteiger partial charge in [0.15, 0.2) is 5.82 Å². The molecule has 0 aliphatic rings. The minimum Gasteiger partial charge on any atom is -0.421 e. The van der Waals surface area contributed by atoms with E-state index in [0.717, 1.165) is 0 Å². The van der Waals surface area contributed by atoms with Crippen LogP contribution in [0.25, 0.3) is 0 Å². The molecule has 0 amide bonds. The summed E-state index contributed by atoms with van der Waals surface area (Å²) in [4.78, 5) is 11.5. The number of nitrogens with two attached hydrogens (primary N) is 1. The predicted octanol–water partition coefficient (Wildman–Crippen LogP) is 2.13. The number of carbonyl (C=O) groups excluding carboxylic acids is 1. The lowest BCUT2D eigenvalue weighted by molar-refractivity contribution is 0.0691. The zero-order valence-electron chi connectivity index (χ0n) is 8.01. The fourth-order valence-electron chi connectivity index (χ4n) is 1.05. The van der Waals surface area contributed by atoms with Crippen LogP contribution in [-0.4, -0.2) is 11.1 Å². The SMILES string of the molecule is Nc1cc(C(=O)Oc2ccc(Cl)cc2)on1. The summed E-state index contributed by atoms with van der Waals surface area (Å²) < 4.78 is 9.63. The van der Waals surface area contributed by atoms with Crippen LogP contribution in [0.5, 0.6) is 5.75 Å². The lowest BCUT2D eigenvalue weighted by Crippen LogP contribution is -2.07. The van der Waals surface area contributed by atoms with Gasteiger partial charge in [-0.05, 0) is 24.3 Å². The van der Waals surface area contributed by atoms with Gasteiger partial charge in [-0.1, -0.05) is 16.8 Å². The standard InChI is InChI=1S/C10H7ClN2O3/c11-6-1-3-7(4-2-6)15-10(14)8-5-9(12)13-16-8/h1-5H,(H2,12,13). The molecule has 0 bridgehead atoms. The van der Waals surface area contributed by atoms with E-state index in [4.69, 9.17) is 22.1 Å². The van der Waals surface area contributed by atoms with Crippen LogP contribution >= 0.6 is 11.6 Å². The van der Waals surface area contributed by atoms with E-state index < -0.39 is 5.97 Å². The third-order valence-electron chi connectivity index (χ3n) is 1.75. The van der Waals surface area contributed by atoms with Gasteiger partial charge in [-0.15, -0.1) is 0 Å². The van der Waals surface area contributed by atoms with Gasteiger partial charge in [0.2, 0.25) is 5.76 Å². The Kier molecular flexibility index (Phi) is 2.78. The number of halogens is 1. The quantitative estimate of drug-likeness (QED) is 0.641. The first kappa shape index (κ1) is 10.5. The average Bonchev–Trinajstić information content (AvgIpc) is 2.68. The summed E-state index contributed by atoms with van der Waals surface area (Å²) in [6, 6.07) is 7.65. The third kappa shape index (κ3) is 2.32. The second-order valence-corrected chi connectivity index (χ2v) is 3.40. The minimum atomic E-state index is -0.661. The van der Waals surface area contributed by atoms with Gasteiger partial charge < -0.3 is 15.0 Å². The van der Waals surface area contributed by atoms with Crippen LogP contribution in [0, 0.1) is 0 Å². The Bertz CT molecular complexity index is 507. The van der Waals surface area contributed by atoms with Crippen molar-refractivity contribution in [2.75, 3.05) is 5.73 Å². The third-order valence-corrected chi connectivity index (χ3v) is 2.01. The van der Waals surface area contributed by atoms with Gasteiger partial charge >= 0.3 is 5.97 Å². The number of rotatable bonds is 2. The lowest BCUT2D eigenvalue weighted by atomic mass is 10.3. The van der Waals surface area contributed by atoms with Crippen molar-refractivity contribution in [3.8, 4) is 5.75 Å². The van der Waals surface area contributed by atoms with Crippen molar-refractivity contribution in [2.24, 2.45) is 0 Å². The number of hydrogen-bond donors (Lipinski definition) is 1. The normalized spacial score (nSPS) is 10.1. The van der Waals surface area contributed by atoms with Crippen molar-refractivity contribution in [2.45, 2.75) is 0 Å². The van der Waals surface area contributed by atoms with Gasteiger partial charge in [-0.3, -0.25) is 0 Å². The van der Waals surface area contributed by atoms with Crippen LogP contribution in [0.1, 0.15) is 10.6 Å². The molecule has 1 aromatic carbocycles. The Hall–Kier alpha value is -2.01. The summed E-state index contributed by atoms with van der Waals surface area (Å²) in [5.74, 6) is -0.216. The van der Waals surface area contributed by atoms with Gasteiger partial charge in [0.25, 0.3) is 0 Å². The van der Waals surface area contributed by atoms with Crippen LogP contribution in [0.2, 0.25) is 5.02 Å². The number of nitrogens with zero attached hydrogens (tertiary/aromatic N) is 1. The average molecular weight is 239 g/mol. The summed E-state index contributed by atoms with van der Waals surface area (Å²) in [6.45, 7) is 0. The molecule has 0 saturated carbocycles. The van der Waals surface area contributed by atoms with Crippen LogP contribution in [0.3, 0.4) is 0 Å². The highest BCUT2D eigenvalue weighted by Gasteiger charge is 2.14. The van der Waals surface area contributed by atoms with Crippen LogP contribution < -0.4 is 10.5 Å². The van der Waals surface area contributed by atoms with Crippen LogP contribution in [-0.2, 0) is 0 Å². The van der Waals surface area contributed by atoms with E-state index in [-0.39, 0.29) is 11.6 Å². The number of ether oxygens (including phenoxy) is 1. The molecular formula is C10H7ClN2O3. The second kappa shape index (κ2) is 4.24. The van der Waals surface area contributed by atoms with Crippen LogP contribution in [0.15, 0.2) is 34.9 Å². The molecule has 1 heterocycles. The fraction of sp³-hybridized carbons (Fsp3) is 0. The largest absolute Gasteiger partial charge is 0.421 e. The van der Waals surface area contributed by atoms with Crippen molar-refractivity contribution in [3.05, 3.63) is 41.1 Å². The molecule has 2 N–H and O–H groups in total. The maximum Gasteiger partial charge on any atom is 0.382 e. The molecule has 0 fully saturated rings. The van der Waals surface area contributed by atoms with Crippen molar-refractivity contribution in [1.29, 1.82) is 0 Å². The summed E-state index contributed by atoms with van der Waals surface area (Å²) in [7, 11) is 0. The summed E-state index contributed by atoms with van der Waals surface area (Å²) in [5, 5.41) is 3.93. The molecule has 0 saturated heterocycles. The fourth-order valence-corrected chi connectivity index (χ4v) is 1.17. The Morgan fingerprint density at radius 3 is 2.62 bits per heavy atom. The van der Waals surface area contributed by atoms with Crippen LogP contribution in [0.4, 0.5) is 5.82 Å². The Morgan fingerprint density at radius 2 is 2.06 bits per heavy atom. The smallest absolute Gasteiger partial charge is 0.382 e. The first-order valence-electron chi connectivity index (χ1n) is 4.35. The Labute approximate surface area is 95.7 Å². The summed E-state index contributed by atoms with van der Waals surface area (Å²) in [5.41, 5.74) is 5.30. The van der Waals surface area contributed by atoms with Gasteiger partial charge in [-0.2, -0.15) is 0 Å². The monoisotopic (exact) mass is 238 g/mol. The molecule has 2 aromatic rings. The molecule has 82 valence electrons. The maximum absolute atomic E-state index is 11.5. The molecule has 0 atom stereocenters. The molecule has 0 aliphatic carbocycles. The van der Waals surface area contributed by atoms with Crippen molar-refractivity contribution in [1.82, 2.24) is 5.16 Å². The van der Waals surface area contributed by atoms with Gasteiger partial charge in [0, 0.05) is 11.1 Å². The highest BCUT2D eigenvalue weighted by Crippen LogP contribution is 2.17. The highest BCUT2D eigenvalue weighted by molar-refractivity contribution is 6.30. The van der Waals surface area contributed by atoms with E-state index in [0.29, 0.717) is 10.8 Å². The molecule has 2 rings (SSSR count). The van der Waals surface area contributed by atoms with E-state index in [1.807, 2.05) is 0 Å². The molecule has 1 aromatic heterocycles. The molecule has 6 heteroatoms. The maximum atomic E-state index is 11.5. The molecular weight excluding hydrogens is 232 g/mol. The number of anilines is 1. The molecule has 0 spiro atoms. The number of hydrogen-bond acceptors (Lipinski definition) is 5. The number of benzene rings is 1. The van der Waals surface area contributed by atoms with Crippen molar-refractivity contribution >= 4 is 23.4 Å². The first-order chi connectivity index (χ1) is 7.65. The number of carbonyl (C=O) groups is 1. The zero-order valence-corrected chi connectivity index (χ0v) is 8.77.